The molecule has 138 valence electrons. The SMILES string of the molecule is COc1ccc(N(Cc2ccccc2)C(=O)Cc2ccccc2OC)cc1. The molecule has 4 heteroatoms. The average molecular weight is 361 g/mol. The van der Waals surface area contributed by atoms with Gasteiger partial charge >= 0.3 is 0 Å². The highest BCUT2D eigenvalue weighted by Gasteiger charge is 2.18. The van der Waals surface area contributed by atoms with Crippen LogP contribution < -0.4 is 14.4 Å². The summed E-state index contributed by atoms with van der Waals surface area (Å²) in [7, 11) is 3.25. The third kappa shape index (κ3) is 4.67. The van der Waals surface area contributed by atoms with Gasteiger partial charge in [-0.2, -0.15) is 0 Å². The number of rotatable bonds is 7. The van der Waals surface area contributed by atoms with Gasteiger partial charge in [-0.25, -0.2) is 0 Å². The van der Waals surface area contributed by atoms with Crippen molar-refractivity contribution < 1.29 is 14.3 Å². The van der Waals surface area contributed by atoms with E-state index in [-0.39, 0.29) is 12.3 Å². The first-order valence-corrected chi connectivity index (χ1v) is 8.81. The van der Waals surface area contributed by atoms with Gasteiger partial charge in [-0.3, -0.25) is 4.79 Å². The Kier molecular flexibility index (Phi) is 6.10. The predicted molar refractivity (Wildman–Crippen MR) is 107 cm³/mol. The number of carbonyl (C=O) groups excluding carboxylic acids is 1. The number of carbonyl (C=O) groups is 1. The monoisotopic (exact) mass is 361 g/mol. The first-order valence-electron chi connectivity index (χ1n) is 8.81. The highest BCUT2D eigenvalue weighted by molar-refractivity contribution is 5.95. The molecule has 0 radical (unpaired) electrons. The van der Waals surface area contributed by atoms with Gasteiger partial charge in [-0.05, 0) is 35.9 Å². The highest BCUT2D eigenvalue weighted by atomic mass is 16.5. The Morgan fingerprint density at radius 2 is 1.48 bits per heavy atom. The van der Waals surface area contributed by atoms with Crippen LogP contribution in [0.4, 0.5) is 5.69 Å². The third-order valence-corrected chi connectivity index (χ3v) is 4.40. The summed E-state index contributed by atoms with van der Waals surface area (Å²) in [5.74, 6) is 1.49. The Hall–Kier alpha value is -3.27. The molecule has 0 spiro atoms. The van der Waals surface area contributed by atoms with Gasteiger partial charge in [0.05, 0.1) is 27.2 Å². The molecule has 0 saturated carbocycles. The quantitative estimate of drug-likeness (QED) is 0.623. The molecule has 4 nitrogen and oxygen atoms in total. The molecule has 0 aliphatic heterocycles. The summed E-state index contributed by atoms with van der Waals surface area (Å²) in [4.78, 5) is 15.0. The first kappa shape index (κ1) is 18.5. The van der Waals surface area contributed by atoms with Gasteiger partial charge in [0.2, 0.25) is 5.91 Å². The maximum absolute atomic E-state index is 13.2. The molecule has 0 aliphatic rings. The zero-order valence-corrected chi connectivity index (χ0v) is 15.6. The van der Waals surface area contributed by atoms with Gasteiger partial charge in [0.1, 0.15) is 11.5 Å². The van der Waals surface area contributed by atoms with Crippen molar-refractivity contribution in [2.24, 2.45) is 0 Å². The fourth-order valence-corrected chi connectivity index (χ4v) is 2.96. The summed E-state index contributed by atoms with van der Waals surface area (Å²) in [6.45, 7) is 0.501. The van der Waals surface area contributed by atoms with E-state index in [2.05, 4.69) is 0 Å². The van der Waals surface area contributed by atoms with Crippen molar-refractivity contribution in [2.75, 3.05) is 19.1 Å². The van der Waals surface area contributed by atoms with E-state index in [9.17, 15) is 4.79 Å². The van der Waals surface area contributed by atoms with Gasteiger partial charge in [0.15, 0.2) is 0 Å². The second kappa shape index (κ2) is 8.90. The topological polar surface area (TPSA) is 38.8 Å². The van der Waals surface area contributed by atoms with Crippen LogP contribution in [-0.2, 0) is 17.8 Å². The summed E-state index contributed by atoms with van der Waals surface area (Å²) in [5.41, 5.74) is 2.78. The van der Waals surface area contributed by atoms with E-state index in [0.29, 0.717) is 6.54 Å². The molecular weight excluding hydrogens is 338 g/mol. The van der Waals surface area contributed by atoms with Crippen LogP contribution in [0.3, 0.4) is 0 Å². The van der Waals surface area contributed by atoms with Crippen LogP contribution in [0, 0.1) is 0 Å². The highest BCUT2D eigenvalue weighted by Crippen LogP contribution is 2.24. The molecule has 3 aromatic rings. The lowest BCUT2D eigenvalue weighted by atomic mass is 10.1. The van der Waals surface area contributed by atoms with Gasteiger partial charge in [0.25, 0.3) is 0 Å². The Balaban J connectivity index is 1.89. The summed E-state index contributed by atoms with van der Waals surface area (Å²) in [5, 5.41) is 0. The molecule has 0 N–H and O–H groups in total. The Morgan fingerprint density at radius 1 is 0.815 bits per heavy atom. The minimum absolute atomic E-state index is 0.00789. The molecule has 0 aliphatic carbocycles. The molecule has 3 rings (SSSR count). The number of nitrogens with zero attached hydrogens (tertiary/aromatic N) is 1. The molecule has 0 bridgehead atoms. The van der Waals surface area contributed by atoms with Crippen molar-refractivity contribution >= 4 is 11.6 Å². The maximum Gasteiger partial charge on any atom is 0.231 e. The number of benzene rings is 3. The summed E-state index contributed by atoms with van der Waals surface area (Å²) < 4.78 is 10.6. The number of para-hydroxylation sites is 1. The molecule has 3 aromatic carbocycles. The molecular formula is C23H23NO3. The van der Waals surface area contributed by atoms with Crippen LogP contribution in [-0.4, -0.2) is 20.1 Å². The minimum Gasteiger partial charge on any atom is -0.497 e. The number of methoxy groups -OCH3 is 2. The number of anilines is 1. The fourth-order valence-electron chi connectivity index (χ4n) is 2.96. The zero-order valence-electron chi connectivity index (χ0n) is 15.6. The minimum atomic E-state index is 0.00789. The number of hydrogen-bond acceptors (Lipinski definition) is 3. The molecule has 0 fully saturated rings. The standard InChI is InChI=1S/C23H23NO3/c1-26-21-14-12-20(13-15-21)24(17-18-8-4-3-5-9-18)23(25)16-19-10-6-7-11-22(19)27-2/h3-15H,16-17H2,1-2H3. The second-order valence-electron chi connectivity index (χ2n) is 6.15. The lowest BCUT2D eigenvalue weighted by Crippen LogP contribution is -2.31. The van der Waals surface area contributed by atoms with Crippen molar-refractivity contribution in [3.8, 4) is 11.5 Å². The zero-order chi connectivity index (χ0) is 19.1. The van der Waals surface area contributed by atoms with Crippen LogP contribution >= 0.6 is 0 Å². The van der Waals surface area contributed by atoms with E-state index < -0.39 is 0 Å². The van der Waals surface area contributed by atoms with Crippen LogP contribution in [0.5, 0.6) is 11.5 Å². The van der Waals surface area contributed by atoms with Gasteiger partial charge in [0, 0.05) is 11.3 Å². The predicted octanol–water partition coefficient (Wildman–Crippen LogP) is 4.48. The summed E-state index contributed by atoms with van der Waals surface area (Å²) >= 11 is 0. The third-order valence-electron chi connectivity index (χ3n) is 4.40. The van der Waals surface area contributed by atoms with Crippen LogP contribution in [0.2, 0.25) is 0 Å². The number of ether oxygens (including phenoxy) is 2. The number of hydrogen-bond donors (Lipinski definition) is 0. The first-order chi connectivity index (χ1) is 13.2. The van der Waals surface area contributed by atoms with Crippen molar-refractivity contribution in [1.29, 1.82) is 0 Å². The van der Waals surface area contributed by atoms with E-state index in [1.54, 1.807) is 19.1 Å². The van der Waals surface area contributed by atoms with E-state index in [0.717, 1.165) is 28.3 Å². The van der Waals surface area contributed by atoms with Gasteiger partial charge < -0.3 is 14.4 Å². The number of amides is 1. The van der Waals surface area contributed by atoms with Crippen LogP contribution in [0.1, 0.15) is 11.1 Å². The smallest absolute Gasteiger partial charge is 0.231 e. The Morgan fingerprint density at radius 3 is 2.15 bits per heavy atom. The van der Waals surface area contributed by atoms with Crippen molar-refractivity contribution in [1.82, 2.24) is 0 Å². The molecule has 0 heterocycles. The second-order valence-corrected chi connectivity index (χ2v) is 6.15. The molecule has 1 amide bonds. The van der Waals surface area contributed by atoms with Gasteiger partial charge in [-0.15, -0.1) is 0 Å². The lowest BCUT2D eigenvalue weighted by Gasteiger charge is -2.24. The van der Waals surface area contributed by atoms with Gasteiger partial charge in [-0.1, -0.05) is 48.5 Å². The summed E-state index contributed by atoms with van der Waals surface area (Å²) in [6, 6.07) is 25.1. The van der Waals surface area contributed by atoms with Crippen molar-refractivity contribution in [2.45, 2.75) is 13.0 Å². The molecule has 0 aromatic heterocycles. The van der Waals surface area contributed by atoms with Crippen molar-refractivity contribution in [3.05, 3.63) is 90.0 Å². The average Bonchev–Trinajstić information content (AvgIpc) is 2.73. The van der Waals surface area contributed by atoms with E-state index in [1.807, 2.05) is 78.9 Å². The largest absolute Gasteiger partial charge is 0.497 e. The fraction of sp³-hybridized carbons (Fsp3) is 0.174. The normalized spacial score (nSPS) is 10.3. The van der Waals surface area contributed by atoms with Crippen LogP contribution in [0.15, 0.2) is 78.9 Å². The molecule has 27 heavy (non-hydrogen) atoms. The van der Waals surface area contributed by atoms with Crippen molar-refractivity contribution in [3.63, 3.8) is 0 Å². The molecule has 0 unspecified atom stereocenters. The molecule has 0 saturated heterocycles. The lowest BCUT2D eigenvalue weighted by molar-refractivity contribution is -0.118. The Labute approximate surface area is 160 Å². The van der Waals surface area contributed by atoms with E-state index in [1.165, 1.54) is 0 Å². The van der Waals surface area contributed by atoms with Crippen LogP contribution in [0.25, 0.3) is 0 Å². The Bertz CT molecular complexity index is 876. The van der Waals surface area contributed by atoms with E-state index >= 15 is 0 Å². The summed E-state index contributed by atoms with van der Waals surface area (Å²) in [6.07, 6.45) is 0.267. The van der Waals surface area contributed by atoms with E-state index in [4.69, 9.17) is 9.47 Å². The maximum atomic E-state index is 13.2. The molecule has 0 atom stereocenters.